The number of carbonyl (C=O) groups excluding carboxylic acids is 1. The maximum atomic E-state index is 13.5. The van der Waals surface area contributed by atoms with Gasteiger partial charge in [-0.05, 0) is 43.3 Å². The van der Waals surface area contributed by atoms with E-state index in [0.29, 0.717) is 16.4 Å². The van der Waals surface area contributed by atoms with E-state index in [4.69, 9.17) is 4.74 Å². The van der Waals surface area contributed by atoms with Crippen molar-refractivity contribution in [3.63, 3.8) is 0 Å². The second-order valence-electron chi connectivity index (χ2n) is 7.35. The molecule has 4 rings (SSSR count). The molecule has 174 valence electrons. The number of methoxy groups -OCH3 is 1. The lowest BCUT2D eigenvalue weighted by molar-refractivity contribution is -0.114. The Morgan fingerprint density at radius 2 is 1.65 bits per heavy atom. The molecular weight excluding hydrogens is 472 g/mol. The molecule has 0 bridgehead atoms. The smallest absolute Gasteiger partial charge is 0.264 e. The highest BCUT2D eigenvalue weighted by Gasteiger charge is 2.27. The van der Waals surface area contributed by atoms with Crippen molar-refractivity contribution in [2.45, 2.75) is 11.8 Å². The third kappa shape index (κ3) is 5.24. The largest absolute Gasteiger partial charge is 0.497 e. The Morgan fingerprint density at radius 1 is 0.971 bits per heavy atom. The lowest BCUT2D eigenvalue weighted by Gasteiger charge is -2.24. The van der Waals surface area contributed by atoms with Crippen LogP contribution in [-0.4, -0.2) is 38.2 Å². The van der Waals surface area contributed by atoms with E-state index >= 15 is 0 Å². The maximum Gasteiger partial charge on any atom is 0.264 e. The summed E-state index contributed by atoms with van der Waals surface area (Å²) in [6.45, 7) is 1.43. The lowest BCUT2D eigenvalue weighted by Crippen LogP contribution is -2.38. The Bertz CT molecular complexity index is 1370. The van der Waals surface area contributed by atoms with Crippen LogP contribution in [0, 0.1) is 6.92 Å². The SMILES string of the molecule is COc1ccc(N(CC(=O)Nc2nnc(-c3ccccc3)s2)S(=O)(=O)c2ccc(C)cc2)cc1. The number of anilines is 2. The second-order valence-corrected chi connectivity index (χ2v) is 10.2. The fourth-order valence-electron chi connectivity index (χ4n) is 3.16. The number of amides is 1. The molecule has 34 heavy (non-hydrogen) atoms. The van der Waals surface area contributed by atoms with E-state index in [1.54, 1.807) is 36.4 Å². The first-order chi connectivity index (χ1) is 16.4. The zero-order valence-corrected chi connectivity index (χ0v) is 20.1. The molecule has 0 aliphatic carbocycles. The standard InChI is InChI=1S/C24H22N4O4S2/c1-17-8-14-21(15-9-17)34(30,31)28(19-10-12-20(32-2)13-11-19)16-22(29)25-24-27-26-23(33-24)18-6-4-3-5-7-18/h3-15H,16H2,1-2H3,(H,25,27,29). The molecule has 4 aromatic rings. The monoisotopic (exact) mass is 494 g/mol. The molecular formula is C24H22N4O4S2. The lowest BCUT2D eigenvalue weighted by atomic mass is 10.2. The van der Waals surface area contributed by atoms with Crippen molar-refractivity contribution in [3.8, 4) is 16.3 Å². The number of nitrogens with one attached hydrogen (secondary N) is 1. The van der Waals surface area contributed by atoms with Crippen molar-refractivity contribution in [1.82, 2.24) is 10.2 Å². The molecule has 0 radical (unpaired) electrons. The van der Waals surface area contributed by atoms with Gasteiger partial charge in [-0.3, -0.25) is 14.4 Å². The molecule has 1 N–H and O–H groups in total. The molecule has 0 fully saturated rings. The normalized spacial score (nSPS) is 11.1. The highest BCUT2D eigenvalue weighted by molar-refractivity contribution is 7.92. The summed E-state index contributed by atoms with van der Waals surface area (Å²) in [7, 11) is -2.49. The van der Waals surface area contributed by atoms with Crippen LogP contribution < -0.4 is 14.4 Å². The van der Waals surface area contributed by atoms with Crippen LogP contribution in [0.1, 0.15) is 5.56 Å². The van der Waals surface area contributed by atoms with Crippen molar-refractivity contribution in [2.24, 2.45) is 0 Å². The molecule has 8 nitrogen and oxygen atoms in total. The molecule has 1 aromatic heterocycles. The van der Waals surface area contributed by atoms with E-state index in [9.17, 15) is 13.2 Å². The van der Waals surface area contributed by atoms with Crippen molar-refractivity contribution in [1.29, 1.82) is 0 Å². The summed E-state index contributed by atoms with van der Waals surface area (Å²) in [6, 6.07) is 22.4. The highest BCUT2D eigenvalue weighted by atomic mass is 32.2. The molecule has 1 amide bonds. The van der Waals surface area contributed by atoms with E-state index in [1.165, 1.54) is 30.6 Å². The molecule has 0 atom stereocenters. The summed E-state index contributed by atoms with van der Waals surface area (Å²) in [6.07, 6.45) is 0. The second kappa shape index (κ2) is 10.0. The van der Waals surface area contributed by atoms with Crippen LogP contribution in [0.3, 0.4) is 0 Å². The first-order valence-electron chi connectivity index (χ1n) is 10.3. The first-order valence-corrected chi connectivity index (χ1v) is 12.5. The van der Waals surface area contributed by atoms with Crippen molar-refractivity contribution in [3.05, 3.63) is 84.4 Å². The summed E-state index contributed by atoms with van der Waals surface area (Å²) in [5.41, 5.74) is 2.14. The van der Waals surface area contributed by atoms with E-state index < -0.39 is 22.5 Å². The fourth-order valence-corrected chi connectivity index (χ4v) is 5.35. The van der Waals surface area contributed by atoms with Crippen LogP contribution in [0.5, 0.6) is 5.75 Å². The zero-order valence-electron chi connectivity index (χ0n) is 18.5. The van der Waals surface area contributed by atoms with Crippen LogP contribution in [0.25, 0.3) is 10.6 Å². The number of aryl methyl sites for hydroxylation is 1. The number of nitrogens with zero attached hydrogens (tertiary/aromatic N) is 3. The molecule has 0 aliphatic heterocycles. The van der Waals surface area contributed by atoms with Gasteiger partial charge in [-0.2, -0.15) is 0 Å². The van der Waals surface area contributed by atoms with Gasteiger partial charge in [0.1, 0.15) is 17.3 Å². The zero-order chi connectivity index (χ0) is 24.1. The Labute approximate surface area is 201 Å². The molecule has 3 aromatic carbocycles. The van der Waals surface area contributed by atoms with Gasteiger partial charge in [-0.15, -0.1) is 10.2 Å². The Morgan fingerprint density at radius 3 is 2.29 bits per heavy atom. The molecule has 0 saturated carbocycles. The average Bonchev–Trinajstić information content (AvgIpc) is 3.32. The van der Waals surface area contributed by atoms with Gasteiger partial charge in [0, 0.05) is 5.56 Å². The minimum absolute atomic E-state index is 0.0870. The van der Waals surface area contributed by atoms with Crippen molar-refractivity contribution < 1.29 is 17.9 Å². The van der Waals surface area contributed by atoms with E-state index in [-0.39, 0.29) is 10.0 Å². The molecule has 0 unspecified atom stereocenters. The van der Waals surface area contributed by atoms with E-state index in [2.05, 4.69) is 15.5 Å². The predicted octanol–water partition coefficient (Wildman–Crippen LogP) is 4.36. The number of hydrogen-bond donors (Lipinski definition) is 1. The fraction of sp³-hybridized carbons (Fsp3) is 0.125. The van der Waals surface area contributed by atoms with Crippen LogP contribution >= 0.6 is 11.3 Å². The number of aromatic nitrogens is 2. The molecule has 0 saturated heterocycles. The van der Waals surface area contributed by atoms with Gasteiger partial charge >= 0.3 is 0 Å². The summed E-state index contributed by atoms with van der Waals surface area (Å²) in [5, 5.41) is 11.7. The van der Waals surface area contributed by atoms with Gasteiger partial charge < -0.3 is 4.74 Å². The van der Waals surface area contributed by atoms with Crippen molar-refractivity contribution >= 4 is 38.1 Å². The number of ether oxygens (including phenoxy) is 1. The predicted molar refractivity (Wildman–Crippen MR) is 133 cm³/mol. The number of sulfonamides is 1. The highest BCUT2D eigenvalue weighted by Crippen LogP contribution is 2.28. The Hall–Kier alpha value is -3.76. The number of benzene rings is 3. The Balaban J connectivity index is 1.59. The van der Waals surface area contributed by atoms with Gasteiger partial charge in [0.2, 0.25) is 11.0 Å². The summed E-state index contributed by atoms with van der Waals surface area (Å²) in [5.74, 6) is 0.0328. The van der Waals surface area contributed by atoms with Gasteiger partial charge in [0.15, 0.2) is 0 Å². The number of carbonyl (C=O) groups is 1. The summed E-state index contributed by atoms with van der Waals surface area (Å²) >= 11 is 1.21. The molecule has 1 heterocycles. The van der Waals surface area contributed by atoms with Gasteiger partial charge in [0.05, 0.1) is 17.7 Å². The van der Waals surface area contributed by atoms with Crippen LogP contribution in [0.4, 0.5) is 10.8 Å². The van der Waals surface area contributed by atoms with Crippen LogP contribution in [0.2, 0.25) is 0 Å². The Kier molecular flexibility index (Phi) is 6.90. The topological polar surface area (TPSA) is 101 Å². The molecule has 0 spiro atoms. The minimum Gasteiger partial charge on any atom is -0.497 e. The third-order valence-electron chi connectivity index (χ3n) is 4.95. The van der Waals surface area contributed by atoms with E-state index in [1.807, 2.05) is 37.3 Å². The van der Waals surface area contributed by atoms with E-state index in [0.717, 1.165) is 15.4 Å². The molecule has 10 heteroatoms. The first kappa shape index (κ1) is 23.4. The van der Waals surface area contributed by atoms with Gasteiger partial charge in [0.25, 0.3) is 10.0 Å². The number of hydrogen-bond acceptors (Lipinski definition) is 7. The third-order valence-corrected chi connectivity index (χ3v) is 7.62. The van der Waals surface area contributed by atoms with Crippen LogP contribution in [0.15, 0.2) is 83.8 Å². The number of rotatable bonds is 8. The maximum absolute atomic E-state index is 13.5. The van der Waals surface area contributed by atoms with Gasteiger partial charge in [-0.25, -0.2) is 8.42 Å². The minimum atomic E-state index is -4.02. The average molecular weight is 495 g/mol. The summed E-state index contributed by atoms with van der Waals surface area (Å²) in [4.78, 5) is 13.0. The van der Waals surface area contributed by atoms with Gasteiger partial charge in [-0.1, -0.05) is 59.4 Å². The molecule has 0 aliphatic rings. The van der Waals surface area contributed by atoms with Crippen LogP contribution in [-0.2, 0) is 14.8 Å². The summed E-state index contributed by atoms with van der Waals surface area (Å²) < 4.78 is 33.2. The van der Waals surface area contributed by atoms with Crippen molar-refractivity contribution in [2.75, 3.05) is 23.3 Å². The quantitative estimate of drug-likeness (QED) is 0.391.